The van der Waals surface area contributed by atoms with Crippen molar-refractivity contribution in [1.29, 1.82) is 0 Å². The van der Waals surface area contributed by atoms with Gasteiger partial charge in [0, 0.05) is 6.20 Å². The zero-order valence-electron chi connectivity index (χ0n) is 13.8. The molecule has 0 saturated heterocycles. The highest BCUT2D eigenvalue weighted by Crippen LogP contribution is 2.26. The fourth-order valence-electron chi connectivity index (χ4n) is 2.27. The predicted octanol–water partition coefficient (Wildman–Crippen LogP) is 3.16. The SMILES string of the molecule is COc1ccccc1Nc1ccc(C(=O)NCc2ccccn2)nc1. The summed E-state index contributed by atoms with van der Waals surface area (Å²) in [6.45, 7) is 0.364. The number of pyridine rings is 2. The monoisotopic (exact) mass is 334 g/mol. The summed E-state index contributed by atoms with van der Waals surface area (Å²) >= 11 is 0. The van der Waals surface area contributed by atoms with E-state index >= 15 is 0 Å². The molecule has 0 spiro atoms. The molecule has 3 aromatic rings. The van der Waals surface area contributed by atoms with E-state index in [9.17, 15) is 4.79 Å². The third-order valence-corrected chi connectivity index (χ3v) is 3.54. The minimum Gasteiger partial charge on any atom is -0.495 e. The third-order valence-electron chi connectivity index (χ3n) is 3.54. The van der Waals surface area contributed by atoms with Crippen molar-refractivity contribution in [3.63, 3.8) is 0 Å². The number of carbonyl (C=O) groups is 1. The molecule has 1 amide bonds. The number of nitrogens with zero attached hydrogens (tertiary/aromatic N) is 2. The number of aromatic nitrogens is 2. The lowest BCUT2D eigenvalue weighted by Gasteiger charge is -2.11. The molecule has 0 atom stereocenters. The molecule has 126 valence electrons. The molecule has 0 aliphatic rings. The maximum atomic E-state index is 12.1. The molecule has 2 aromatic heterocycles. The third kappa shape index (κ3) is 4.32. The van der Waals surface area contributed by atoms with Crippen LogP contribution in [0.2, 0.25) is 0 Å². The smallest absolute Gasteiger partial charge is 0.270 e. The molecular weight excluding hydrogens is 316 g/mol. The number of ether oxygens (including phenoxy) is 1. The highest BCUT2D eigenvalue weighted by Gasteiger charge is 2.08. The van der Waals surface area contributed by atoms with Gasteiger partial charge in [0.05, 0.1) is 36.9 Å². The van der Waals surface area contributed by atoms with Gasteiger partial charge in [-0.3, -0.25) is 9.78 Å². The van der Waals surface area contributed by atoms with Crippen molar-refractivity contribution in [2.75, 3.05) is 12.4 Å². The van der Waals surface area contributed by atoms with Crippen LogP contribution in [0.4, 0.5) is 11.4 Å². The topological polar surface area (TPSA) is 76.1 Å². The molecule has 3 rings (SSSR count). The standard InChI is InChI=1S/C19H18N4O2/c1-25-18-8-3-2-7-16(18)23-15-9-10-17(21-13-15)19(24)22-12-14-6-4-5-11-20-14/h2-11,13,23H,12H2,1H3,(H,22,24). The van der Waals surface area contributed by atoms with Crippen molar-refractivity contribution >= 4 is 17.3 Å². The van der Waals surface area contributed by atoms with Crippen LogP contribution < -0.4 is 15.4 Å². The van der Waals surface area contributed by atoms with Gasteiger partial charge < -0.3 is 15.4 Å². The van der Waals surface area contributed by atoms with E-state index in [1.165, 1.54) is 0 Å². The number of para-hydroxylation sites is 2. The van der Waals surface area contributed by atoms with Crippen LogP contribution in [-0.4, -0.2) is 23.0 Å². The molecule has 2 N–H and O–H groups in total. The lowest BCUT2D eigenvalue weighted by molar-refractivity contribution is 0.0945. The van der Waals surface area contributed by atoms with Crippen molar-refractivity contribution < 1.29 is 9.53 Å². The summed E-state index contributed by atoms with van der Waals surface area (Å²) in [6.07, 6.45) is 3.31. The van der Waals surface area contributed by atoms with Crippen molar-refractivity contribution in [2.24, 2.45) is 0 Å². The first-order chi connectivity index (χ1) is 12.3. The van der Waals surface area contributed by atoms with Gasteiger partial charge in [0.15, 0.2) is 0 Å². The van der Waals surface area contributed by atoms with Crippen LogP contribution in [0.1, 0.15) is 16.2 Å². The number of hydrogen-bond acceptors (Lipinski definition) is 5. The van der Waals surface area contributed by atoms with E-state index in [0.717, 1.165) is 22.8 Å². The summed E-state index contributed by atoms with van der Waals surface area (Å²) in [5, 5.41) is 6.02. The molecule has 2 heterocycles. The fraction of sp³-hybridized carbons (Fsp3) is 0.105. The highest BCUT2D eigenvalue weighted by molar-refractivity contribution is 5.92. The second-order valence-electron chi connectivity index (χ2n) is 5.26. The molecule has 6 nitrogen and oxygen atoms in total. The number of amides is 1. The van der Waals surface area contributed by atoms with E-state index in [0.29, 0.717) is 12.2 Å². The second-order valence-corrected chi connectivity index (χ2v) is 5.26. The van der Waals surface area contributed by atoms with Gasteiger partial charge in [0.2, 0.25) is 0 Å². The number of nitrogens with one attached hydrogen (secondary N) is 2. The van der Waals surface area contributed by atoms with Gasteiger partial charge in [-0.05, 0) is 36.4 Å². The maximum Gasteiger partial charge on any atom is 0.270 e. The average Bonchev–Trinajstić information content (AvgIpc) is 2.68. The minimum atomic E-state index is -0.241. The average molecular weight is 334 g/mol. The molecule has 0 aliphatic carbocycles. The second kappa shape index (κ2) is 7.92. The van der Waals surface area contributed by atoms with Crippen LogP contribution in [-0.2, 0) is 6.54 Å². The fourth-order valence-corrected chi connectivity index (χ4v) is 2.27. The predicted molar refractivity (Wildman–Crippen MR) is 95.9 cm³/mol. The molecule has 6 heteroatoms. The summed E-state index contributed by atoms with van der Waals surface area (Å²) < 4.78 is 5.30. The Hall–Kier alpha value is -3.41. The Morgan fingerprint density at radius 1 is 1.04 bits per heavy atom. The van der Waals surface area contributed by atoms with E-state index < -0.39 is 0 Å². The number of rotatable bonds is 6. The molecule has 0 bridgehead atoms. The number of carbonyl (C=O) groups excluding carboxylic acids is 1. The molecule has 1 aromatic carbocycles. The van der Waals surface area contributed by atoms with Gasteiger partial charge in [-0.15, -0.1) is 0 Å². The summed E-state index contributed by atoms with van der Waals surface area (Å²) in [4.78, 5) is 20.5. The Balaban J connectivity index is 1.62. The van der Waals surface area contributed by atoms with Crippen molar-refractivity contribution in [3.05, 3.63) is 78.4 Å². The number of benzene rings is 1. The summed E-state index contributed by atoms with van der Waals surface area (Å²) in [6, 6.07) is 16.6. The van der Waals surface area contributed by atoms with E-state index in [1.807, 2.05) is 42.5 Å². The van der Waals surface area contributed by atoms with Crippen LogP contribution in [0, 0.1) is 0 Å². The lowest BCUT2D eigenvalue weighted by atomic mass is 10.2. The first-order valence-electron chi connectivity index (χ1n) is 7.80. The van der Waals surface area contributed by atoms with Crippen molar-refractivity contribution in [3.8, 4) is 5.75 Å². The largest absolute Gasteiger partial charge is 0.495 e. The Morgan fingerprint density at radius 3 is 2.60 bits per heavy atom. The first-order valence-corrected chi connectivity index (χ1v) is 7.80. The molecular formula is C19H18N4O2. The maximum absolute atomic E-state index is 12.1. The van der Waals surface area contributed by atoms with Gasteiger partial charge in [0.25, 0.3) is 5.91 Å². The molecule has 0 fully saturated rings. The zero-order chi connectivity index (χ0) is 17.5. The summed E-state index contributed by atoms with van der Waals surface area (Å²) in [5.41, 5.74) is 2.75. The van der Waals surface area contributed by atoms with E-state index in [-0.39, 0.29) is 5.91 Å². The van der Waals surface area contributed by atoms with Crippen LogP contribution in [0.5, 0.6) is 5.75 Å². The molecule has 0 aliphatic heterocycles. The van der Waals surface area contributed by atoms with E-state index in [4.69, 9.17) is 4.74 Å². The van der Waals surface area contributed by atoms with Crippen LogP contribution in [0.3, 0.4) is 0 Å². The molecule has 25 heavy (non-hydrogen) atoms. The number of anilines is 2. The van der Waals surface area contributed by atoms with Gasteiger partial charge in [-0.2, -0.15) is 0 Å². The van der Waals surface area contributed by atoms with Crippen LogP contribution in [0.15, 0.2) is 67.0 Å². The van der Waals surface area contributed by atoms with Crippen LogP contribution >= 0.6 is 0 Å². The zero-order valence-corrected chi connectivity index (χ0v) is 13.8. The molecule has 0 radical (unpaired) electrons. The van der Waals surface area contributed by atoms with Gasteiger partial charge in [-0.25, -0.2) is 4.98 Å². The lowest BCUT2D eigenvalue weighted by Crippen LogP contribution is -2.24. The Bertz CT molecular complexity index is 836. The van der Waals surface area contributed by atoms with Crippen LogP contribution in [0.25, 0.3) is 0 Å². The van der Waals surface area contributed by atoms with Gasteiger partial charge in [-0.1, -0.05) is 18.2 Å². The minimum absolute atomic E-state index is 0.241. The quantitative estimate of drug-likeness (QED) is 0.724. The van der Waals surface area contributed by atoms with Gasteiger partial charge >= 0.3 is 0 Å². The number of hydrogen-bond donors (Lipinski definition) is 2. The molecule has 0 saturated carbocycles. The van der Waals surface area contributed by atoms with Gasteiger partial charge in [0.1, 0.15) is 11.4 Å². The van der Waals surface area contributed by atoms with Crippen molar-refractivity contribution in [1.82, 2.24) is 15.3 Å². The summed E-state index contributed by atoms with van der Waals surface area (Å²) in [5.74, 6) is 0.495. The Morgan fingerprint density at radius 2 is 1.88 bits per heavy atom. The number of methoxy groups -OCH3 is 1. The van der Waals surface area contributed by atoms with Crippen molar-refractivity contribution in [2.45, 2.75) is 6.54 Å². The highest BCUT2D eigenvalue weighted by atomic mass is 16.5. The first kappa shape index (κ1) is 16.4. The Labute approximate surface area is 145 Å². The van der Waals surface area contributed by atoms with E-state index in [1.54, 1.807) is 31.6 Å². The van der Waals surface area contributed by atoms with E-state index in [2.05, 4.69) is 20.6 Å². The Kier molecular flexibility index (Phi) is 5.21. The summed E-state index contributed by atoms with van der Waals surface area (Å²) in [7, 11) is 1.62. The normalized spacial score (nSPS) is 10.1. The molecule has 0 unspecified atom stereocenters.